The van der Waals surface area contributed by atoms with Crippen molar-refractivity contribution in [1.29, 1.82) is 0 Å². The number of nitrogens with one attached hydrogen (secondary N) is 2. The lowest BCUT2D eigenvalue weighted by molar-refractivity contribution is 0.112. The van der Waals surface area contributed by atoms with E-state index < -0.39 is 43.3 Å². The minimum absolute atomic E-state index is 0.206. The topological polar surface area (TPSA) is 96.0 Å². The molecule has 4 rings (SSSR count). The summed E-state index contributed by atoms with van der Waals surface area (Å²) in [6, 6.07) is 2.83. The maximum Gasteiger partial charge on any atom is 0.147 e. The van der Waals surface area contributed by atoms with Gasteiger partial charge in [-0.2, -0.15) is 0 Å². The zero-order valence-corrected chi connectivity index (χ0v) is 29.1. The summed E-state index contributed by atoms with van der Waals surface area (Å²) in [6.07, 6.45) is 6.64. The monoisotopic (exact) mass is 724 g/mol. The molecule has 2 N–H and O–H groups in total. The van der Waals surface area contributed by atoms with Crippen LogP contribution in [0.1, 0.15) is 92.5 Å². The van der Waals surface area contributed by atoms with E-state index in [1.54, 1.807) is 12.4 Å². The van der Waals surface area contributed by atoms with E-state index in [0.717, 1.165) is 25.7 Å². The number of halogens is 4. The average molecular weight is 727 g/mol. The number of hydrogen-bond donors (Lipinski definition) is 2. The SMILES string of the molecule is C[C@@H]1CC[C@@]1(N[S+]([O-])C(C)(C)C)c1ncc(Br)cc1F.C[C@H]1CC[C@]1(N[S+]([O-])C(C)(C)C)c1ncc(Br)cc1F. The summed E-state index contributed by atoms with van der Waals surface area (Å²) < 4.78 is 60.1. The van der Waals surface area contributed by atoms with Gasteiger partial charge in [-0.25, -0.2) is 8.78 Å². The van der Waals surface area contributed by atoms with Gasteiger partial charge in [0.2, 0.25) is 0 Å². The van der Waals surface area contributed by atoms with Crippen molar-refractivity contribution in [2.75, 3.05) is 0 Å². The van der Waals surface area contributed by atoms with Crippen LogP contribution in [-0.4, -0.2) is 28.6 Å². The lowest BCUT2D eigenvalue weighted by Crippen LogP contribution is -2.60. The molecular formula is C28H40Br2F2N4O2S2. The standard InChI is InChI=1S/2C14H20BrFN2OS/c2*1-9-5-6-14(9,18-20(19)13(2,3)4)12-11(16)7-10(15)8-17-12/h2*7-9,18H,5-6H2,1-4H3/t2*9-,14+,20?/m10/s1. The Hall–Kier alpha value is -0.340. The van der Waals surface area contributed by atoms with Gasteiger partial charge in [0.1, 0.15) is 43.6 Å². The van der Waals surface area contributed by atoms with Crippen molar-refractivity contribution in [1.82, 2.24) is 19.4 Å². The molecule has 6 atom stereocenters. The van der Waals surface area contributed by atoms with Crippen LogP contribution in [0.4, 0.5) is 8.78 Å². The van der Waals surface area contributed by atoms with Gasteiger partial charge in [0.25, 0.3) is 0 Å². The van der Waals surface area contributed by atoms with Gasteiger partial charge in [-0.15, -0.1) is 9.44 Å². The number of aromatic nitrogens is 2. The Morgan fingerprint density at radius 2 is 1.10 bits per heavy atom. The van der Waals surface area contributed by atoms with E-state index in [2.05, 4.69) is 51.3 Å². The van der Waals surface area contributed by atoms with Crippen LogP contribution < -0.4 is 9.44 Å². The second-order valence-corrected chi connectivity index (χ2v) is 18.5. The van der Waals surface area contributed by atoms with E-state index in [1.165, 1.54) is 12.1 Å². The van der Waals surface area contributed by atoms with Crippen molar-refractivity contribution < 1.29 is 17.9 Å². The largest absolute Gasteiger partial charge is 0.598 e. The average Bonchev–Trinajstić information content (AvgIpc) is 2.83. The first-order valence-corrected chi connectivity index (χ1v) is 17.2. The molecule has 0 amide bonds. The summed E-state index contributed by atoms with van der Waals surface area (Å²) in [5.74, 6) is -0.303. The fourth-order valence-electron chi connectivity index (χ4n) is 4.67. The number of hydrogen-bond acceptors (Lipinski definition) is 6. The Balaban J connectivity index is 0.000000220. The summed E-state index contributed by atoms with van der Waals surface area (Å²) in [4.78, 5) is 8.48. The van der Waals surface area contributed by atoms with Crippen LogP contribution in [0.25, 0.3) is 0 Å². The molecule has 0 bridgehead atoms. The molecule has 2 saturated carbocycles. The molecule has 2 fully saturated rings. The van der Waals surface area contributed by atoms with E-state index in [0.29, 0.717) is 20.3 Å². The van der Waals surface area contributed by atoms with Crippen LogP contribution in [0.3, 0.4) is 0 Å². The van der Waals surface area contributed by atoms with E-state index in [-0.39, 0.29) is 23.5 Å². The molecule has 2 aromatic rings. The molecule has 0 saturated heterocycles. The molecule has 2 heterocycles. The summed E-state index contributed by atoms with van der Waals surface area (Å²) in [5, 5.41) is 0. The van der Waals surface area contributed by atoms with E-state index in [4.69, 9.17) is 0 Å². The van der Waals surface area contributed by atoms with E-state index in [9.17, 15) is 17.9 Å². The van der Waals surface area contributed by atoms with Gasteiger partial charge in [0.05, 0.1) is 0 Å². The first kappa shape index (κ1) is 34.2. The minimum Gasteiger partial charge on any atom is -0.598 e. The molecule has 2 unspecified atom stereocenters. The summed E-state index contributed by atoms with van der Waals surface area (Å²) >= 11 is 3.92. The molecule has 12 heteroatoms. The van der Waals surface area contributed by atoms with Crippen molar-refractivity contribution in [3.8, 4) is 0 Å². The Bertz CT molecular complexity index is 1110. The third-order valence-corrected chi connectivity index (χ3v) is 11.9. The highest BCUT2D eigenvalue weighted by atomic mass is 79.9. The third kappa shape index (κ3) is 7.23. The highest BCUT2D eigenvalue weighted by Crippen LogP contribution is 2.49. The van der Waals surface area contributed by atoms with Crippen molar-refractivity contribution in [2.24, 2.45) is 11.8 Å². The second kappa shape index (κ2) is 12.7. The molecule has 2 aliphatic rings. The first-order valence-electron chi connectivity index (χ1n) is 13.4. The Kier molecular flexibility index (Phi) is 10.9. The lowest BCUT2D eigenvalue weighted by Gasteiger charge is -2.48. The second-order valence-electron chi connectivity index (χ2n) is 12.8. The van der Waals surface area contributed by atoms with E-state index >= 15 is 0 Å². The molecule has 6 nitrogen and oxygen atoms in total. The van der Waals surface area contributed by atoms with Crippen LogP contribution >= 0.6 is 31.9 Å². The van der Waals surface area contributed by atoms with Crippen LogP contribution in [0.2, 0.25) is 0 Å². The van der Waals surface area contributed by atoms with Crippen LogP contribution in [0.5, 0.6) is 0 Å². The molecule has 2 aromatic heterocycles. The van der Waals surface area contributed by atoms with Crippen molar-refractivity contribution in [3.63, 3.8) is 0 Å². The van der Waals surface area contributed by atoms with Gasteiger partial charge in [0.15, 0.2) is 0 Å². The molecule has 2 aliphatic carbocycles. The van der Waals surface area contributed by atoms with Crippen molar-refractivity contribution in [3.05, 3.63) is 56.5 Å². The van der Waals surface area contributed by atoms with Crippen LogP contribution in [0, 0.1) is 23.5 Å². The summed E-state index contributed by atoms with van der Waals surface area (Å²) in [5.41, 5.74) is -0.500. The Morgan fingerprint density at radius 3 is 1.30 bits per heavy atom. The highest BCUT2D eigenvalue weighted by molar-refractivity contribution is 9.10. The first-order chi connectivity index (χ1) is 18.3. The van der Waals surface area contributed by atoms with Crippen LogP contribution in [0.15, 0.2) is 33.5 Å². The maximum absolute atomic E-state index is 14.3. The summed E-state index contributed by atoms with van der Waals surface area (Å²) in [6.45, 7) is 15.5. The van der Waals surface area contributed by atoms with Gasteiger partial charge in [-0.05, 0) is 123 Å². The fraction of sp³-hybridized carbons (Fsp3) is 0.643. The predicted octanol–water partition coefficient (Wildman–Crippen LogP) is 7.32. The van der Waals surface area contributed by atoms with Gasteiger partial charge < -0.3 is 9.11 Å². The maximum atomic E-state index is 14.3. The quantitative estimate of drug-likeness (QED) is 0.303. The molecule has 0 radical (unpaired) electrons. The third-order valence-electron chi connectivity index (χ3n) is 7.75. The number of rotatable bonds is 6. The van der Waals surface area contributed by atoms with E-state index in [1.807, 2.05) is 55.4 Å². The zero-order valence-electron chi connectivity index (χ0n) is 24.3. The normalized spacial score (nSPS) is 28.1. The zero-order chi connectivity index (χ0) is 30.3. The summed E-state index contributed by atoms with van der Waals surface area (Å²) in [7, 11) is 0. The van der Waals surface area contributed by atoms with Crippen LogP contribution in [-0.2, 0) is 33.8 Å². The highest BCUT2D eigenvalue weighted by Gasteiger charge is 2.54. The molecule has 40 heavy (non-hydrogen) atoms. The molecule has 0 spiro atoms. The number of pyridine rings is 2. The lowest BCUT2D eigenvalue weighted by atomic mass is 9.66. The van der Waals surface area contributed by atoms with Gasteiger partial charge >= 0.3 is 0 Å². The molecule has 224 valence electrons. The van der Waals surface area contributed by atoms with Gasteiger partial charge in [-0.1, -0.05) is 13.8 Å². The smallest absolute Gasteiger partial charge is 0.147 e. The van der Waals surface area contributed by atoms with Gasteiger partial charge in [-0.3, -0.25) is 9.97 Å². The molecule has 0 aromatic carbocycles. The Labute approximate surface area is 260 Å². The number of nitrogens with zero attached hydrogens (tertiary/aromatic N) is 2. The molecular weight excluding hydrogens is 686 g/mol. The fourth-order valence-corrected chi connectivity index (χ4v) is 7.35. The van der Waals surface area contributed by atoms with Crippen molar-refractivity contribution in [2.45, 2.75) is 102 Å². The Morgan fingerprint density at radius 1 is 0.775 bits per heavy atom. The predicted molar refractivity (Wildman–Crippen MR) is 166 cm³/mol. The van der Waals surface area contributed by atoms with Crippen molar-refractivity contribution >= 4 is 54.6 Å². The minimum atomic E-state index is -1.26. The van der Waals surface area contributed by atoms with Gasteiger partial charge in [0, 0.05) is 44.1 Å². The molecule has 0 aliphatic heterocycles.